The molecule has 3 unspecified atom stereocenters. The Morgan fingerprint density at radius 3 is 2.61 bits per heavy atom. The van der Waals surface area contributed by atoms with Crippen molar-refractivity contribution in [3.05, 3.63) is 105 Å². The van der Waals surface area contributed by atoms with E-state index in [-0.39, 0.29) is 31.3 Å². The molecule has 2 heterocycles. The standard InChI is InChI=1S/C29H28BrFN2O2.H2S/c1-18-14-22(31)9-10-23(18)26-17-29(34,12-13-32-26)27(19-6-4-3-5-7-19)24-16-20-15-21(30)8-11-25(20)33-28(24)35-2;/h3-11,14-16,26-27,32,34H,12-13,17H2,1-2H3;1H2. The van der Waals surface area contributed by atoms with Gasteiger partial charge in [0.25, 0.3) is 0 Å². The molecule has 0 saturated carbocycles. The smallest absolute Gasteiger partial charge is 0.217 e. The fraction of sp³-hybridized carbons (Fsp3) is 0.276. The Kier molecular flexibility index (Phi) is 8.05. The number of pyridine rings is 1. The second kappa shape index (κ2) is 10.9. The molecule has 0 radical (unpaired) electrons. The number of halogens is 2. The number of aromatic nitrogens is 1. The van der Waals surface area contributed by atoms with Crippen LogP contribution in [0.1, 0.15) is 47.1 Å². The first-order valence-electron chi connectivity index (χ1n) is 11.8. The maximum Gasteiger partial charge on any atom is 0.217 e. The molecule has 0 aliphatic carbocycles. The molecule has 3 aromatic carbocycles. The average Bonchev–Trinajstić information content (AvgIpc) is 2.84. The summed E-state index contributed by atoms with van der Waals surface area (Å²) in [4.78, 5) is 4.80. The van der Waals surface area contributed by atoms with E-state index in [1.54, 1.807) is 13.2 Å². The van der Waals surface area contributed by atoms with Crippen molar-refractivity contribution in [3.63, 3.8) is 0 Å². The Hall–Kier alpha value is -2.45. The minimum Gasteiger partial charge on any atom is -0.481 e. The lowest BCUT2D eigenvalue weighted by Crippen LogP contribution is -2.48. The fourth-order valence-electron chi connectivity index (χ4n) is 5.44. The monoisotopic (exact) mass is 568 g/mol. The number of ether oxygens (including phenoxy) is 1. The number of rotatable bonds is 5. The number of benzene rings is 3. The highest BCUT2D eigenvalue weighted by molar-refractivity contribution is 9.10. The summed E-state index contributed by atoms with van der Waals surface area (Å²) < 4.78 is 20.5. The molecule has 188 valence electrons. The Morgan fingerprint density at radius 2 is 1.89 bits per heavy atom. The van der Waals surface area contributed by atoms with Crippen LogP contribution in [0.15, 0.2) is 77.3 Å². The van der Waals surface area contributed by atoms with Gasteiger partial charge < -0.3 is 15.2 Å². The van der Waals surface area contributed by atoms with E-state index in [4.69, 9.17) is 9.72 Å². The van der Waals surface area contributed by atoms with Crippen LogP contribution in [0.4, 0.5) is 4.39 Å². The van der Waals surface area contributed by atoms with Gasteiger partial charge in [-0.15, -0.1) is 0 Å². The van der Waals surface area contributed by atoms with Crippen molar-refractivity contribution in [1.29, 1.82) is 0 Å². The van der Waals surface area contributed by atoms with E-state index in [9.17, 15) is 9.50 Å². The second-order valence-corrected chi connectivity index (χ2v) is 10.2. The van der Waals surface area contributed by atoms with Crippen molar-refractivity contribution in [1.82, 2.24) is 10.3 Å². The number of fused-ring (bicyclic) bond motifs is 1. The van der Waals surface area contributed by atoms with Gasteiger partial charge in [0.05, 0.1) is 18.2 Å². The summed E-state index contributed by atoms with van der Waals surface area (Å²) >= 11 is 3.56. The van der Waals surface area contributed by atoms with Gasteiger partial charge in [-0.3, -0.25) is 0 Å². The molecular weight excluding hydrogens is 539 g/mol. The molecule has 4 nitrogen and oxygen atoms in total. The highest BCUT2D eigenvalue weighted by Gasteiger charge is 2.44. The SMILES string of the molecule is COc1nc2ccc(Br)cc2cc1C(c1ccccc1)C1(O)CCNC(c2ccc(F)cc2C)C1.S. The molecule has 4 aromatic rings. The first-order valence-corrected chi connectivity index (χ1v) is 12.6. The van der Waals surface area contributed by atoms with Crippen LogP contribution in [0, 0.1) is 12.7 Å². The van der Waals surface area contributed by atoms with Crippen LogP contribution >= 0.6 is 29.4 Å². The second-order valence-electron chi connectivity index (χ2n) is 9.33. The van der Waals surface area contributed by atoms with E-state index in [1.807, 2.05) is 61.5 Å². The normalized spacial score (nSPS) is 20.5. The molecule has 1 aliphatic rings. The largest absolute Gasteiger partial charge is 0.481 e. The van der Waals surface area contributed by atoms with Crippen molar-refractivity contribution in [2.45, 2.75) is 37.3 Å². The highest BCUT2D eigenvalue weighted by atomic mass is 79.9. The van der Waals surface area contributed by atoms with Gasteiger partial charge in [0, 0.05) is 27.4 Å². The van der Waals surface area contributed by atoms with Gasteiger partial charge >= 0.3 is 0 Å². The van der Waals surface area contributed by atoms with Gasteiger partial charge in [-0.05, 0) is 79.4 Å². The van der Waals surface area contributed by atoms with E-state index in [2.05, 4.69) is 27.3 Å². The number of aliphatic hydroxyl groups is 1. The quantitative estimate of drug-likeness (QED) is 0.286. The predicted octanol–water partition coefficient (Wildman–Crippen LogP) is 6.55. The topological polar surface area (TPSA) is 54.4 Å². The minimum absolute atomic E-state index is 0. The van der Waals surface area contributed by atoms with Crippen LogP contribution in [-0.2, 0) is 0 Å². The molecule has 36 heavy (non-hydrogen) atoms. The van der Waals surface area contributed by atoms with E-state index in [1.165, 1.54) is 6.07 Å². The van der Waals surface area contributed by atoms with Crippen molar-refractivity contribution in [2.24, 2.45) is 0 Å². The van der Waals surface area contributed by atoms with Crippen LogP contribution in [0.5, 0.6) is 5.88 Å². The summed E-state index contributed by atoms with van der Waals surface area (Å²) in [6.45, 7) is 2.55. The third kappa shape index (κ3) is 5.16. The highest BCUT2D eigenvalue weighted by Crippen LogP contribution is 2.47. The minimum atomic E-state index is -1.08. The lowest BCUT2D eigenvalue weighted by Gasteiger charge is -2.44. The average molecular weight is 570 g/mol. The van der Waals surface area contributed by atoms with Crippen molar-refractivity contribution in [3.8, 4) is 5.88 Å². The number of hydrogen-bond donors (Lipinski definition) is 2. The zero-order valence-corrected chi connectivity index (χ0v) is 22.8. The van der Waals surface area contributed by atoms with Gasteiger partial charge in [0.15, 0.2) is 0 Å². The first kappa shape index (κ1) is 26.6. The number of nitrogens with zero attached hydrogens (tertiary/aromatic N) is 1. The molecule has 0 spiro atoms. The van der Waals surface area contributed by atoms with Crippen LogP contribution in [0.25, 0.3) is 10.9 Å². The summed E-state index contributed by atoms with van der Waals surface area (Å²) in [7, 11) is 1.62. The maximum atomic E-state index is 13.8. The summed E-state index contributed by atoms with van der Waals surface area (Å²) in [5.41, 5.74) is 3.48. The Balaban J connectivity index is 0.00000304. The molecule has 7 heteroatoms. The fourth-order valence-corrected chi connectivity index (χ4v) is 5.82. The summed E-state index contributed by atoms with van der Waals surface area (Å²) in [6.07, 6.45) is 1.03. The molecule has 1 aliphatic heterocycles. The van der Waals surface area contributed by atoms with Gasteiger partial charge in [-0.1, -0.05) is 52.3 Å². The number of methoxy groups -OCH3 is 1. The molecule has 1 aromatic heterocycles. The van der Waals surface area contributed by atoms with Crippen LogP contribution in [0.3, 0.4) is 0 Å². The summed E-state index contributed by atoms with van der Waals surface area (Å²) in [6, 6.07) is 22.8. The summed E-state index contributed by atoms with van der Waals surface area (Å²) in [5, 5.41) is 16.9. The van der Waals surface area contributed by atoms with Gasteiger partial charge in [-0.2, -0.15) is 13.5 Å². The maximum absolute atomic E-state index is 13.8. The van der Waals surface area contributed by atoms with E-state index in [0.29, 0.717) is 25.3 Å². The third-order valence-corrected chi connectivity index (χ3v) is 7.55. The number of nitrogens with one attached hydrogen (secondary N) is 1. The van der Waals surface area contributed by atoms with Crippen molar-refractivity contribution in [2.75, 3.05) is 13.7 Å². The van der Waals surface area contributed by atoms with E-state index >= 15 is 0 Å². The van der Waals surface area contributed by atoms with Crippen molar-refractivity contribution >= 4 is 40.3 Å². The lowest BCUT2D eigenvalue weighted by atomic mass is 9.70. The third-order valence-electron chi connectivity index (χ3n) is 7.06. The van der Waals surface area contributed by atoms with E-state index in [0.717, 1.165) is 37.6 Å². The Morgan fingerprint density at radius 1 is 1.11 bits per heavy atom. The van der Waals surface area contributed by atoms with Gasteiger partial charge in [-0.25, -0.2) is 9.37 Å². The van der Waals surface area contributed by atoms with Crippen LogP contribution in [-0.4, -0.2) is 29.3 Å². The molecular formula is C29H30BrFN2O2S. The first-order chi connectivity index (χ1) is 16.9. The van der Waals surface area contributed by atoms with Gasteiger partial charge in [0.2, 0.25) is 5.88 Å². The van der Waals surface area contributed by atoms with Crippen LogP contribution in [0.2, 0.25) is 0 Å². The van der Waals surface area contributed by atoms with Gasteiger partial charge in [0.1, 0.15) is 5.82 Å². The summed E-state index contributed by atoms with van der Waals surface area (Å²) in [5.74, 6) is -0.104. The molecule has 5 rings (SSSR count). The molecule has 1 saturated heterocycles. The zero-order valence-electron chi connectivity index (χ0n) is 20.3. The molecule has 0 bridgehead atoms. The Labute approximate surface area is 226 Å². The lowest BCUT2D eigenvalue weighted by molar-refractivity contribution is -0.0197. The predicted molar refractivity (Wildman–Crippen MR) is 151 cm³/mol. The molecule has 3 atom stereocenters. The van der Waals surface area contributed by atoms with E-state index < -0.39 is 5.60 Å². The number of piperidine rings is 1. The zero-order chi connectivity index (χ0) is 24.6. The molecule has 2 N–H and O–H groups in total. The Bertz CT molecular complexity index is 1370. The number of hydrogen-bond acceptors (Lipinski definition) is 4. The van der Waals surface area contributed by atoms with Crippen molar-refractivity contribution < 1.29 is 14.2 Å². The van der Waals surface area contributed by atoms with Crippen LogP contribution < -0.4 is 10.1 Å². The molecule has 1 fully saturated rings. The molecule has 0 amide bonds. The number of aryl methyl sites for hydroxylation is 1.